The van der Waals surface area contributed by atoms with Crippen molar-refractivity contribution in [2.75, 3.05) is 19.8 Å². The van der Waals surface area contributed by atoms with E-state index in [1.54, 1.807) is 6.92 Å². The van der Waals surface area contributed by atoms with Gasteiger partial charge in [0.2, 0.25) is 5.91 Å². The quantitative estimate of drug-likeness (QED) is 0.509. The van der Waals surface area contributed by atoms with E-state index in [2.05, 4.69) is 17.6 Å². The van der Waals surface area contributed by atoms with Crippen LogP contribution in [0.25, 0.3) is 0 Å². The number of rotatable bonds is 11. The summed E-state index contributed by atoms with van der Waals surface area (Å²) < 4.78 is 5.42. The number of hydrogen-bond acceptors (Lipinski definition) is 4. The molecule has 0 aliphatic carbocycles. The number of hydrogen-bond donors (Lipinski definition) is 3. The van der Waals surface area contributed by atoms with Gasteiger partial charge in [-0.3, -0.25) is 4.79 Å². The lowest BCUT2D eigenvalue weighted by molar-refractivity contribution is -0.124. The number of nitrogens with one attached hydrogen (secondary N) is 2. The molecule has 0 aliphatic heterocycles. The van der Waals surface area contributed by atoms with E-state index in [4.69, 9.17) is 4.74 Å². The standard InChI is InChI=1S/C16H34N2O3/c1-6-7-8-9-10-21-12-14(19)11-17-13(2)15(20)18-16(3,4)5/h13-14,17,19H,6-12H2,1-5H3,(H,18,20). The van der Waals surface area contributed by atoms with Crippen LogP contribution in [0.1, 0.15) is 60.3 Å². The number of aliphatic hydroxyl groups is 1. The SMILES string of the molecule is CCCCCCOCC(O)CNC(C)C(=O)NC(C)(C)C. The van der Waals surface area contributed by atoms with Crippen LogP contribution in [0, 0.1) is 0 Å². The lowest BCUT2D eigenvalue weighted by Gasteiger charge is -2.24. The smallest absolute Gasteiger partial charge is 0.237 e. The molecule has 0 aliphatic rings. The first-order chi connectivity index (χ1) is 9.76. The fraction of sp³-hybridized carbons (Fsp3) is 0.938. The van der Waals surface area contributed by atoms with Crippen LogP contribution < -0.4 is 10.6 Å². The van der Waals surface area contributed by atoms with Gasteiger partial charge in [-0.15, -0.1) is 0 Å². The Kier molecular flexibility index (Phi) is 10.6. The second-order valence-corrected chi connectivity index (χ2v) is 6.66. The zero-order chi connectivity index (χ0) is 16.3. The zero-order valence-corrected chi connectivity index (χ0v) is 14.4. The molecule has 0 spiro atoms. The van der Waals surface area contributed by atoms with E-state index in [-0.39, 0.29) is 17.5 Å². The minimum atomic E-state index is -0.582. The lowest BCUT2D eigenvalue weighted by atomic mass is 10.1. The third kappa shape index (κ3) is 12.8. The molecule has 0 aromatic heterocycles. The number of carbonyl (C=O) groups is 1. The lowest BCUT2D eigenvalue weighted by Crippen LogP contribution is -2.51. The average molecular weight is 302 g/mol. The van der Waals surface area contributed by atoms with Gasteiger partial charge in [0.25, 0.3) is 0 Å². The summed E-state index contributed by atoms with van der Waals surface area (Å²) in [5.41, 5.74) is -0.243. The van der Waals surface area contributed by atoms with Crippen molar-refractivity contribution < 1.29 is 14.6 Å². The summed E-state index contributed by atoms with van der Waals surface area (Å²) in [4.78, 5) is 11.8. The van der Waals surface area contributed by atoms with Crippen molar-refractivity contribution in [1.29, 1.82) is 0 Å². The highest BCUT2D eigenvalue weighted by Crippen LogP contribution is 2.00. The first-order valence-electron chi connectivity index (χ1n) is 8.07. The van der Waals surface area contributed by atoms with Gasteiger partial charge in [0, 0.05) is 18.7 Å². The summed E-state index contributed by atoms with van der Waals surface area (Å²) in [5, 5.41) is 15.7. The van der Waals surface area contributed by atoms with E-state index in [0.29, 0.717) is 19.8 Å². The van der Waals surface area contributed by atoms with Crippen LogP contribution in [0.2, 0.25) is 0 Å². The van der Waals surface area contributed by atoms with E-state index in [1.807, 2.05) is 20.8 Å². The Labute approximate surface area is 129 Å². The molecule has 5 nitrogen and oxygen atoms in total. The summed E-state index contributed by atoms with van der Waals surface area (Å²) in [6, 6.07) is -0.330. The Bertz CT molecular complexity index is 277. The molecule has 0 rings (SSSR count). The highest BCUT2D eigenvalue weighted by Gasteiger charge is 2.19. The van der Waals surface area contributed by atoms with Gasteiger partial charge in [-0.1, -0.05) is 26.2 Å². The van der Waals surface area contributed by atoms with Crippen LogP contribution in [0.3, 0.4) is 0 Å². The second-order valence-electron chi connectivity index (χ2n) is 6.66. The monoisotopic (exact) mass is 302 g/mol. The predicted molar refractivity (Wildman–Crippen MR) is 86.3 cm³/mol. The largest absolute Gasteiger partial charge is 0.389 e. The van der Waals surface area contributed by atoms with Gasteiger partial charge in [0.1, 0.15) is 0 Å². The molecule has 0 fully saturated rings. The summed E-state index contributed by atoms with van der Waals surface area (Å²) >= 11 is 0. The van der Waals surface area contributed by atoms with Gasteiger partial charge in [-0.25, -0.2) is 0 Å². The predicted octanol–water partition coefficient (Wildman–Crippen LogP) is 1.84. The molecule has 0 saturated carbocycles. The fourth-order valence-electron chi connectivity index (χ4n) is 1.79. The molecule has 3 N–H and O–H groups in total. The van der Waals surface area contributed by atoms with Crippen molar-refractivity contribution >= 4 is 5.91 Å². The Morgan fingerprint density at radius 3 is 2.48 bits per heavy atom. The van der Waals surface area contributed by atoms with Gasteiger partial charge >= 0.3 is 0 Å². The molecule has 1 amide bonds. The maximum atomic E-state index is 11.8. The Hall–Kier alpha value is -0.650. The van der Waals surface area contributed by atoms with Crippen molar-refractivity contribution in [3.63, 3.8) is 0 Å². The summed E-state index contributed by atoms with van der Waals surface area (Å²) in [6.07, 6.45) is 4.07. The molecule has 0 saturated heterocycles. The average Bonchev–Trinajstić information content (AvgIpc) is 2.38. The van der Waals surface area contributed by atoms with Crippen molar-refractivity contribution in [3.05, 3.63) is 0 Å². The molecular weight excluding hydrogens is 268 g/mol. The molecule has 0 aromatic carbocycles. The zero-order valence-electron chi connectivity index (χ0n) is 14.4. The van der Waals surface area contributed by atoms with Gasteiger partial charge in [0.15, 0.2) is 0 Å². The molecular formula is C16H34N2O3. The first-order valence-corrected chi connectivity index (χ1v) is 8.07. The number of unbranched alkanes of at least 4 members (excludes halogenated alkanes) is 3. The van der Waals surface area contributed by atoms with E-state index in [0.717, 1.165) is 6.42 Å². The molecule has 0 radical (unpaired) electrons. The number of aliphatic hydroxyl groups excluding tert-OH is 1. The molecule has 5 heteroatoms. The van der Waals surface area contributed by atoms with Crippen LogP contribution in [-0.2, 0) is 9.53 Å². The fourth-order valence-corrected chi connectivity index (χ4v) is 1.79. The Balaban J connectivity index is 3.67. The minimum Gasteiger partial charge on any atom is -0.389 e. The summed E-state index contributed by atoms with van der Waals surface area (Å²) in [7, 11) is 0. The Morgan fingerprint density at radius 2 is 1.90 bits per heavy atom. The molecule has 0 bridgehead atoms. The maximum absolute atomic E-state index is 11.8. The molecule has 2 unspecified atom stereocenters. The van der Waals surface area contributed by atoms with E-state index < -0.39 is 6.10 Å². The normalized spacial score (nSPS) is 14.8. The van der Waals surface area contributed by atoms with Crippen LogP contribution in [-0.4, -0.2) is 48.5 Å². The number of ether oxygens (including phenoxy) is 1. The van der Waals surface area contributed by atoms with Gasteiger partial charge in [-0.2, -0.15) is 0 Å². The van der Waals surface area contributed by atoms with Gasteiger partial charge in [-0.05, 0) is 34.1 Å². The van der Waals surface area contributed by atoms with Crippen LogP contribution in [0.15, 0.2) is 0 Å². The number of carbonyl (C=O) groups excluding carboxylic acids is 1. The molecule has 0 aromatic rings. The highest BCUT2D eigenvalue weighted by molar-refractivity contribution is 5.81. The second kappa shape index (κ2) is 11.0. The third-order valence-electron chi connectivity index (χ3n) is 3.00. The highest BCUT2D eigenvalue weighted by atomic mass is 16.5. The molecule has 126 valence electrons. The van der Waals surface area contributed by atoms with Crippen LogP contribution >= 0.6 is 0 Å². The van der Waals surface area contributed by atoms with Crippen LogP contribution in [0.4, 0.5) is 0 Å². The first kappa shape index (κ1) is 20.3. The molecule has 21 heavy (non-hydrogen) atoms. The topological polar surface area (TPSA) is 70.6 Å². The van der Waals surface area contributed by atoms with Crippen LogP contribution in [0.5, 0.6) is 0 Å². The van der Waals surface area contributed by atoms with E-state index in [1.165, 1.54) is 19.3 Å². The van der Waals surface area contributed by atoms with Crippen molar-refractivity contribution in [3.8, 4) is 0 Å². The third-order valence-corrected chi connectivity index (χ3v) is 3.00. The van der Waals surface area contributed by atoms with E-state index in [9.17, 15) is 9.90 Å². The van der Waals surface area contributed by atoms with Crippen molar-refractivity contribution in [2.24, 2.45) is 0 Å². The van der Waals surface area contributed by atoms with E-state index >= 15 is 0 Å². The van der Waals surface area contributed by atoms with Gasteiger partial charge < -0.3 is 20.5 Å². The summed E-state index contributed by atoms with van der Waals surface area (Å²) in [6.45, 7) is 11.2. The summed E-state index contributed by atoms with van der Waals surface area (Å²) in [5.74, 6) is -0.0600. The van der Waals surface area contributed by atoms with Gasteiger partial charge in [0.05, 0.1) is 18.8 Å². The molecule has 0 heterocycles. The Morgan fingerprint density at radius 1 is 1.24 bits per heavy atom. The number of amides is 1. The molecule has 2 atom stereocenters. The minimum absolute atomic E-state index is 0.0600. The van der Waals surface area contributed by atoms with Crippen molar-refractivity contribution in [2.45, 2.75) is 78.0 Å². The van der Waals surface area contributed by atoms with Crippen molar-refractivity contribution in [1.82, 2.24) is 10.6 Å². The maximum Gasteiger partial charge on any atom is 0.237 e.